The second-order valence-corrected chi connectivity index (χ2v) is 8.43. The number of likely N-dealkylation sites (tertiary alicyclic amines) is 1. The number of rotatable bonds is 4. The Labute approximate surface area is 155 Å². The average Bonchev–Trinajstić information content (AvgIpc) is 3.36. The van der Waals surface area contributed by atoms with Crippen molar-refractivity contribution in [1.82, 2.24) is 9.91 Å². The molecule has 2 aliphatic heterocycles. The van der Waals surface area contributed by atoms with E-state index >= 15 is 0 Å². The molecule has 0 radical (unpaired) electrons. The van der Waals surface area contributed by atoms with Gasteiger partial charge in [-0.2, -0.15) is 5.10 Å². The lowest BCUT2D eigenvalue weighted by atomic mass is 10.1. The number of nitrogens with zero attached hydrogens (tertiary/aromatic N) is 3. The maximum absolute atomic E-state index is 12.9. The first-order valence-electron chi connectivity index (χ1n) is 8.58. The SMILES string of the molecule is O=C(CN1CCC(O)CC1)N1N=C(c2cccs2)CC1c1cccs1. The van der Waals surface area contributed by atoms with Crippen molar-refractivity contribution >= 4 is 34.3 Å². The highest BCUT2D eigenvalue weighted by Crippen LogP contribution is 2.36. The van der Waals surface area contributed by atoms with Crippen LogP contribution in [0.15, 0.2) is 40.1 Å². The van der Waals surface area contributed by atoms with Crippen molar-refractivity contribution < 1.29 is 9.90 Å². The second kappa shape index (κ2) is 7.37. The fourth-order valence-electron chi connectivity index (χ4n) is 3.38. The van der Waals surface area contributed by atoms with E-state index in [-0.39, 0.29) is 18.1 Å². The van der Waals surface area contributed by atoms with Gasteiger partial charge >= 0.3 is 0 Å². The van der Waals surface area contributed by atoms with E-state index in [1.807, 2.05) is 22.9 Å². The summed E-state index contributed by atoms with van der Waals surface area (Å²) in [6.07, 6.45) is 2.03. The van der Waals surface area contributed by atoms with Gasteiger partial charge in [0.25, 0.3) is 5.91 Å². The van der Waals surface area contributed by atoms with Gasteiger partial charge in [0.1, 0.15) is 0 Å². The van der Waals surface area contributed by atoms with Crippen molar-refractivity contribution in [2.45, 2.75) is 31.4 Å². The van der Waals surface area contributed by atoms with Crippen LogP contribution in [0.2, 0.25) is 0 Å². The molecule has 1 fully saturated rings. The van der Waals surface area contributed by atoms with Gasteiger partial charge in [0.2, 0.25) is 0 Å². The topological polar surface area (TPSA) is 56.1 Å². The summed E-state index contributed by atoms with van der Waals surface area (Å²) in [5.74, 6) is 0.0429. The van der Waals surface area contributed by atoms with Crippen LogP contribution in [0.3, 0.4) is 0 Å². The Bertz CT molecular complexity index is 734. The average molecular weight is 376 g/mol. The maximum atomic E-state index is 12.9. The van der Waals surface area contributed by atoms with Crippen molar-refractivity contribution in [3.05, 3.63) is 44.8 Å². The lowest BCUT2D eigenvalue weighted by molar-refractivity contribution is -0.134. The van der Waals surface area contributed by atoms with Crippen molar-refractivity contribution in [1.29, 1.82) is 0 Å². The van der Waals surface area contributed by atoms with Crippen LogP contribution in [0.25, 0.3) is 0 Å². The largest absolute Gasteiger partial charge is 0.393 e. The molecule has 4 heterocycles. The summed E-state index contributed by atoms with van der Waals surface area (Å²) < 4.78 is 0. The first kappa shape index (κ1) is 16.9. The summed E-state index contributed by atoms with van der Waals surface area (Å²) in [5, 5.41) is 20.1. The van der Waals surface area contributed by atoms with Crippen LogP contribution in [-0.4, -0.2) is 52.4 Å². The summed E-state index contributed by atoms with van der Waals surface area (Å²) in [7, 11) is 0. The molecule has 2 aromatic heterocycles. The Hall–Kier alpha value is -1.54. The molecule has 1 unspecified atom stereocenters. The lowest BCUT2D eigenvalue weighted by Gasteiger charge is -2.30. The number of hydrogen-bond acceptors (Lipinski definition) is 6. The third-order valence-corrected chi connectivity index (χ3v) is 6.65. The molecule has 2 aliphatic rings. The number of amides is 1. The van der Waals surface area contributed by atoms with Gasteiger partial charge in [0.15, 0.2) is 0 Å². The van der Waals surface area contributed by atoms with Crippen LogP contribution in [0.5, 0.6) is 0 Å². The van der Waals surface area contributed by atoms with Gasteiger partial charge in [0, 0.05) is 24.4 Å². The Morgan fingerprint density at radius 1 is 1.20 bits per heavy atom. The lowest BCUT2D eigenvalue weighted by Crippen LogP contribution is -2.42. The van der Waals surface area contributed by atoms with Gasteiger partial charge in [-0.15, -0.1) is 22.7 Å². The molecule has 1 saturated heterocycles. The van der Waals surface area contributed by atoms with Gasteiger partial charge in [-0.3, -0.25) is 9.69 Å². The number of hydrogen-bond donors (Lipinski definition) is 1. The van der Waals surface area contributed by atoms with E-state index in [4.69, 9.17) is 0 Å². The molecular formula is C18H21N3O2S2. The molecule has 132 valence electrons. The molecule has 1 N–H and O–H groups in total. The first-order chi connectivity index (χ1) is 12.2. The summed E-state index contributed by atoms with van der Waals surface area (Å²) in [4.78, 5) is 17.4. The predicted octanol–water partition coefficient (Wildman–Crippen LogP) is 2.94. The summed E-state index contributed by atoms with van der Waals surface area (Å²) in [6, 6.07) is 8.19. The molecule has 0 spiro atoms. The fourth-order valence-corrected chi connectivity index (χ4v) is 4.91. The zero-order chi connectivity index (χ0) is 17.2. The van der Waals surface area contributed by atoms with Gasteiger partial charge < -0.3 is 5.11 Å². The van der Waals surface area contributed by atoms with Gasteiger partial charge in [-0.1, -0.05) is 12.1 Å². The fraction of sp³-hybridized carbons (Fsp3) is 0.444. The van der Waals surface area contributed by atoms with Gasteiger partial charge in [0.05, 0.1) is 29.3 Å². The van der Waals surface area contributed by atoms with Crippen LogP contribution in [0.4, 0.5) is 0 Å². The Balaban J connectivity index is 1.52. The van der Waals surface area contributed by atoms with E-state index in [1.165, 1.54) is 4.88 Å². The van der Waals surface area contributed by atoms with Gasteiger partial charge in [-0.25, -0.2) is 5.01 Å². The normalized spacial score (nSPS) is 22.4. The highest BCUT2D eigenvalue weighted by molar-refractivity contribution is 7.12. The minimum absolute atomic E-state index is 0.0000177. The van der Waals surface area contributed by atoms with Crippen molar-refractivity contribution in [2.75, 3.05) is 19.6 Å². The molecule has 7 heteroatoms. The second-order valence-electron chi connectivity index (χ2n) is 6.50. The van der Waals surface area contributed by atoms with E-state index in [9.17, 15) is 9.90 Å². The highest BCUT2D eigenvalue weighted by Gasteiger charge is 2.34. The molecule has 0 aromatic carbocycles. The Morgan fingerprint density at radius 3 is 2.64 bits per heavy atom. The first-order valence-corrected chi connectivity index (χ1v) is 10.3. The van der Waals surface area contributed by atoms with Crippen molar-refractivity contribution in [3.63, 3.8) is 0 Å². The molecule has 1 atom stereocenters. The Kier molecular flexibility index (Phi) is 4.98. The van der Waals surface area contributed by atoms with E-state index in [2.05, 4.69) is 22.1 Å². The van der Waals surface area contributed by atoms with Crippen LogP contribution in [0.1, 0.15) is 35.1 Å². The zero-order valence-electron chi connectivity index (χ0n) is 13.9. The molecule has 0 aliphatic carbocycles. The molecule has 5 nitrogen and oxygen atoms in total. The molecule has 0 bridgehead atoms. The van der Waals surface area contributed by atoms with Crippen LogP contribution >= 0.6 is 22.7 Å². The monoisotopic (exact) mass is 375 g/mol. The zero-order valence-corrected chi connectivity index (χ0v) is 15.5. The molecule has 1 amide bonds. The third kappa shape index (κ3) is 3.69. The van der Waals surface area contributed by atoms with E-state index in [1.54, 1.807) is 27.7 Å². The van der Waals surface area contributed by atoms with E-state index in [0.717, 1.165) is 42.9 Å². The minimum atomic E-state index is -0.222. The van der Waals surface area contributed by atoms with Crippen LogP contribution < -0.4 is 0 Å². The number of hydrazone groups is 1. The summed E-state index contributed by atoms with van der Waals surface area (Å²) >= 11 is 3.34. The number of piperidine rings is 1. The molecule has 4 rings (SSSR count). The summed E-state index contributed by atoms with van der Waals surface area (Å²) in [6.45, 7) is 1.91. The quantitative estimate of drug-likeness (QED) is 0.894. The van der Waals surface area contributed by atoms with Crippen LogP contribution in [0, 0.1) is 0 Å². The summed E-state index contributed by atoms with van der Waals surface area (Å²) in [5.41, 5.74) is 0.996. The predicted molar refractivity (Wildman–Crippen MR) is 101 cm³/mol. The van der Waals surface area contributed by atoms with E-state index < -0.39 is 0 Å². The van der Waals surface area contributed by atoms with Crippen molar-refractivity contribution in [3.8, 4) is 0 Å². The standard InChI is InChI=1S/C18H21N3O2S2/c22-13-5-7-20(8-6-13)12-18(23)21-15(17-4-2-10-25-17)11-14(19-21)16-3-1-9-24-16/h1-4,9-10,13,15,22H,5-8,11-12H2. The van der Waals surface area contributed by atoms with E-state index in [0.29, 0.717) is 6.54 Å². The van der Waals surface area contributed by atoms with Crippen LogP contribution in [-0.2, 0) is 4.79 Å². The molecule has 2 aromatic rings. The molecule has 0 saturated carbocycles. The molecule has 25 heavy (non-hydrogen) atoms. The van der Waals surface area contributed by atoms with Gasteiger partial charge in [-0.05, 0) is 35.7 Å². The number of aliphatic hydroxyl groups excluding tert-OH is 1. The highest BCUT2D eigenvalue weighted by atomic mass is 32.1. The Morgan fingerprint density at radius 2 is 1.96 bits per heavy atom. The third-order valence-electron chi connectivity index (χ3n) is 4.76. The van der Waals surface area contributed by atoms with Crippen molar-refractivity contribution in [2.24, 2.45) is 5.10 Å². The minimum Gasteiger partial charge on any atom is -0.393 e. The number of carbonyl (C=O) groups excluding carboxylic acids is 1. The number of thiophene rings is 2. The number of aliphatic hydroxyl groups is 1. The smallest absolute Gasteiger partial charge is 0.257 e. The number of carbonyl (C=O) groups is 1. The maximum Gasteiger partial charge on any atom is 0.257 e. The molecular weight excluding hydrogens is 354 g/mol.